The molecule has 1 atom stereocenters. The van der Waals surface area contributed by atoms with Crippen LogP contribution >= 0.6 is 0 Å². The summed E-state index contributed by atoms with van der Waals surface area (Å²) in [6, 6.07) is -0.380. The summed E-state index contributed by atoms with van der Waals surface area (Å²) >= 11 is 0. The lowest BCUT2D eigenvalue weighted by molar-refractivity contribution is 0.372. The van der Waals surface area contributed by atoms with Gasteiger partial charge in [0.15, 0.2) is 0 Å². The Morgan fingerprint density at radius 1 is 0.706 bits per heavy atom. The van der Waals surface area contributed by atoms with Gasteiger partial charge in [0.05, 0.1) is 35.7 Å². The number of aromatic nitrogens is 12. The van der Waals surface area contributed by atoms with Crippen molar-refractivity contribution in [2.75, 3.05) is 0 Å². The summed E-state index contributed by atoms with van der Waals surface area (Å²) in [4.78, 5) is 39.6. The molecule has 2 N–H and O–H groups in total. The molecule has 4 rings (SSSR count). The third kappa shape index (κ3) is 4.47. The van der Waals surface area contributed by atoms with Crippen molar-refractivity contribution in [1.82, 2.24) is 58.7 Å². The molecule has 0 amide bonds. The Morgan fingerprint density at radius 2 is 1.12 bits per heavy atom. The monoisotopic (exact) mass is 471 g/mol. The van der Waals surface area contributed by atoms with E-state index in [1.165, 1.54) is 20.2 Å². The van der Waals surface area contributed by atoms with Crippen molar-refractivity contribution in [3.8, 4) is 0 Å². The van der Waals surface area contributed by atoms with Crippen molar-refractivity contribution < 1.29 is 0 Å². The maximum Gasteiger partial charge on any atom is 0.339 e. The molecular formula is C18H25N13O3. The van der Waals surface area contributed by atoms with Gasteiger partial charge in [-0.1, -0.05) is 29.5 Å². The van der Waals surface area contributed by atoms with E-state index in [1.807, 2.05) is 13.8 Å². The van der Waals surface area contributed by atoms with Crippen molar-refractivity contribution in [3.63, 3.8) is 0 Å². The van der Waals surface area contributed by atoms with Gasteiger partial charge in [0, 0.05) is 6.04 Å². The van der Waals surface area contributed by atoms with Crippen LogP contribution in [-0.4, -0.2) is 58.7 Å². The van der Waals surface area contributed by atoms with Crippen LogP contribution in [0.25, 0.3) is 0 Å². The van der Waals surface area contributed by atoms with Gasteiger partial charge in [-0.2, -0.15) is 0 Å². The first-order valence-electron chi connectivity index (χ1n) is 10.5. The first-order valence-corrected chi connectivity index (χ1v) is 10.5. The van der Waals surface area contributed by atoms with Crippen LogP contribution in [-0.2, 0) is 20.0 Å². The van der Waals surface area contributed by atoms with Crippen molar-refractivity contribution in [2.45, 2.75) is 59.7 Å². The van der Waals surface area contributed by atoms with Gasteiger partial charge in [-0.25, -0.2) is 42.1 Å². The highest BCUT2D eigenvalue weighted by molar-refractivity contribution is 4.99. The molecule has 16 heteroatoms. The molecule has 0 spiro atoms. The predicted molar refractivity (Wildman–Crippen MR) is 117 cm³/mol. The van der Waals surface area contributed by atoms with Crippen LogP contribution in [0.1, 0.15) is 49.8 Å². The number of nitrogens with zero attached hydrogens (tertiary/aromatic N) is 12. The smallest absolute Gasteiger partial charge is 0.323 e. The third-order valence-corrected chi connectivity index (χ3v) is 5.07. The molecule has 0 saturated carbocycles. The quantitative estimate of drug-likeness (QED) is 0.299. The highest BCUT2D eigenvalue weighted by atomic mass is 16.2. The van der Waals surface area contributed by atoms with E-state index in [4.69, 9.17) is 5.73 Å². The first kappa shape index (κ1) is 23.0. The SMILES string of the molecule is Cc1cn(Cn2c(=O)n(Cn3cc(C(C)C)nn3)c(=O)n(Cn3cc(C(C)N)nn3)c2=O)nn1. The van der Waals surface area contributed by atoms with E-state index in [1.54, 1.807) is 26.2 Å². The zero-order valence-electron chi connectivity index (χ0n) is 19.2. The van der Waals surface area contributed by atoms with Gasteiger partial charge < -0.3 is 5.73 Å². The predicted octanol–water partition coefficient (Wildman–Crippen LogP) is -2.08. The highest BCUT2D eigenvalue weighted by Gasteiger charge is 2.18. The molecule has 4 aromatic rings. The topological polar surface area (TPSA) is 184 Å². The second kappa shape index (κ2) is 8.97. The van der Waals surface area contributed by atoms with E-state index >= 15 is 0 Å². The van der Waals surface area contributed by atoms with E-state index in [-0.39, 0.29) is 32.0 Å². The fraction of sp³-hybridized carbons (Fsp3) is 0.500. The Bertz CT molecular complexity index is 1390. The summed E-state index contributed by atoms with van der Waals surface area (Å²) in [5.41, 5.74) is 5.12. The molecule has 0 aliphatic carbocycles. The van der Waals surface area contributed by atoms with Crippen LogP contribution in [0.5, 0.6) is 0 Å². The fourth-order valence-electron chi connectivity index (χ4n) is 3.18. The minimum Gasteiger partial charge on any atom is -0.323 e. The lowest BCUT2D eigenvalue weighted by Gasteiger charge is -2.13. The molecule has 0 fully saturated rings. The van der Waals surface area contributed by atoms with Crippen molar-refractivity contribution in [3.05, 3.63) is 67.1 Å². The molecule has 0 radical (unpaired) electrons. The molecule has 0 saturated heterocycles. The maximum absolute atomic E-state index is 13.2. The van der Waals surface area contributed by atoms with Crippen LogP contribution in [0.4, 0.5) is 0 Å². The third-order valence-electron chi connectivity index (χ3n) is 5.07. The highest BCUT2D eigenvalue weighted by Crippen LogP contribution is 2.08. The average molecular weight is 471 g/mol. The summed E-state index contributed by atoms with van der Waals surface area (Å²) in [6.07, 6.45) is 4.75. The second-order valence-corrected chi connectivity index (χ2v) is 8.26. The zero-order valence-corrected chi connectivity index (χ0v) is 19.2. The Morgan fingerprint density at radius 3 is 1.47 bits per heavy atom. The van der Waals surface area contributed by atoms with Crippen LogP contribution in [0.3, 0.4) is 0 Å². The second-order valence-electron chi connectivity index (χ2n) is 8.26. The molecule has 4 aromatic heterocycles. The molecule has 0 aliphatic rings. The molecule has 4 heterocycles. The molecule has 0 bridgehead atoms. The van der Waals surface area contributed by atoms with E-state index in [2.05, 4.69) is 30.9 Å². The van der Waals surface area contributed by atoms with Gasteiger partial charge in [0.2, 0.25) is 0 Å². The number of nitrogens with two attached hydrogens (primary N) is 1. The van der Waals surface area contributed by atoms with Gasteiger partial charge in [0.1, 0.15) is 20.0 Å². The van der Waals surface area contributed by atoms with E-state index in [0.717, 1.165) is 13.7 Å². The molecule has 1 unspecified atom stereocenters. The Kier molecular flexibility index (Phi) is 6.06. The average Bonchev–Trinajstić information content (AvgIpc) is 3.53. The Hall–Kier alpha value is -4.21. The normalized spacial score (nSPS) is 12.5. The fourth-order valence-corrected chi connectivity index (χ4v) is 3.18. The van der Waals surface area contributed by atoms with Gasteiger partial charge in [0.25, 0.3) is 0 Å². The number of hydrogen-bond donors (Lipinski definition) is 1. The molecule has 34 heavy (non-hydrogen) atoms. The van der Waals surface area contributed by atoms with Crippen LogP contribution < -0.4 is 22.8 Å². The Labute approximate surface area is 191 Å². The summed E-state index contributed by atoms with van der Waals surface area (Å²) in [7, 11) is 0. The zero-order chi connectivity index (χ0) is 24.6. The first-order chi connectivity index (χ1) is 16.1. The van der Waals surface area contributed by atoms with Crippen molar-refractivity contribution >= 4 is 0 Å². The number of aryl methyl sites for hydroxylation is 1. The summed E-state index contributed by atoms with van der Waals surface area (Å²) in [6.45, 7) is 6.60. The van der Waals surface area contributed by atoms with Crippen LogP contribution in [0.2, 0.25) is 0 Å². The van der Waals surface area contributed by atoms with Gasteiger partial charge in [-0.05, 0) is 19.8 Å². The van der Waals surface area contributed by atoms with E-state index < -0.39 is 17.1 Å². The Balaban J connectivity index is 1.82. The molecule has 180 valence electrons. The molecule has 0 aromatic carbocycles. The van der Waals surface area contributed by atoms with Crippen molar-refractivity contribution in [2.24, 2.45) is 5.73 Å². The largest absolute Gasteiger partial charge is 0.339 e. The van der Waals surface area contributed by atoms with Gasteiger partial charge in [-0.15, -0.1) is 15.3 Å². The van der Waals surface area contributed by atoms with Crippen LogP contribution in [0, 0.1) is 6.92 Å². The standard InChI is InChI=1S/C18H25N13O3/c1-11(2)14-6-27(24-21-14)9-30-16(32)29(8-26-5-12(3)20-23-26)17(33)31(18(30)34)10-28-7-15(13(4)19)22-25-28/h5-7,11,13H,8-10,19H2,1-4H3. The van der Waals surface area contributed by atoms with Gasteiger partial charge in [-0.3, -0.25) is 0 Å². The maximum atomic E-state index is 13.2. The van der Waals surface area contributed by atoms with Crippen molar-refractivity contribution in [1.29, 1.82) is 0 Å². The molecular weight excluding hydrogens is 446 g/mol. The van der Waals surface area contributed by atoms with E-state index in [0.29, 0.717) is 17.1 Å². The lowest BCUT2D eigenvalue weighted by atomic mass is 10.2. The van der Waals surface area contributed by atoms with Crippen LogP contribution in [0.15, 0.2) is 33.0 Å². The number of hydrogen-bond acceptors (Lipinski definition) is 10. The summed E-state index contributed by atoms with van der Waals surface area (Å²) in [5.74, 6) is 0.109. The summed E-state index contributed by atoms with van der Waals surface area (Å²) in [5, 5.41) is 23.7. The molecule has 16 nitrogen and oxygen atoms in total. The minimum atomic E-state index is -0.835. The minimum absolute atomic E-state index is 0.109. The number of rotatable bonds is 8. The summed E-state index contributed by atoms with van der Waals surface area (Å²) < 4.78 is 6.65. The van der Waals surface area contributed by atoms with E-state index in [9.17, 15) is 14.4 Å². The lowest BCUT2D eigenvalue weighted by Crippen LogP contribution is -2.56. The van der Waals surface area contributed by atoms with Gasteiger partial charge >= 0.3 is 17.1 Å². The molecule has 0 aliphatic heterocycles.